The fourth-order valence-corrected chi connectivity index (χ4v) is 4.94. The highest BCUT2D eigenvalue weighted by Crippen LogP contribution is 2.34. The fourth-order valence-electron chi connectivity index (χ4n) is 4.94. The SMILES string of the molecule is O=C(Nc1ccccc1)NC1COC2C1OCC2n1cc(CC2CCCCC2)nn1. The number of carbonyl (C=O) groups is 1. The largest absolute Gasteiger partial charge is 0.371 e. The predicted octanol–water partition coefficient (Wildman–Crippen LogP) is 2.93. The third-order valence-electron chi connectivity index (χ3n) is 6.50. The molecule has 5 rings (SSSR count). The number of benzene rings is 1. The summed E-state index contributed by atoms with van der Waals surface area (Å²) in [5.74, 6) is 0.732. The highest BCUT2D eigenvalue weighted by atomic mass is 16.6. The number of hydrogen-bond donors (Lipinski definition) is 2. The molecule has 3 fully saturated rings. The molecule has 2 saturated heterocycles. The summed E-state index contributed by atoms with van der Waals surface area (Å²) in [5.41, 5.74) is 1.81. The number of para-hydroxylation sites is 1. The first-order valence-corrected chi connectivity index (χ1v) is 11.0. The first kappa shape index (κ1) is 19.5. The van der Waals surface area contributed by atoms with Crippen molar-refractivity contribution in [3.63, 3.8) is 0 Å². The molecule has 2 amide bonds. The van der Waals surface area contributed by atoms with Crippen LogP contribution in [-0.2, 0) is 15.9 Å². The Balaban J connectivity index is 1.17. The molecule has 1 saturated carbocycles. The van der Waals surface area contributed by atoms with Crippen molar-refractivity contribution in [3.05, 3.63) is 42.2 Å². The third-order valence-corrected chi connectivity index (χ3v) is 6.50. The van der Waals surface area contributed by atoms with Crippen molar-refractivity contribution in [1.29, 1.82) is 0 Å². The molecule has 2 aliphatic heterocycles. The number of nitrogens with one attached hydrogen (secondary N) is 2. The molecule has 0 spiro atoms. The van der Waals surface area contributed by atoms with E-state index in [1.54, 1.807) is 0 Å². The van der Waals surface area contributed by atoms with Crippen LogP contribution >= 0.6 is 0 Å². The van der Waals surface area contributed by atoms with Gasteiger partial charge in [-0.05, 0) is 24.5 Å². The van der Waals surface area contributed by atoms with Crippen molar-refractivity contribution >= 4 is 11.7 Å². The topological polar surface area (TPSA) is 90.3 Å². The predicted molar refractivity (Wildman–Crippen MR) is 111 cm³/mol. The number of aromatic nitrogens is 3. The van der Waals surface area contributed by atoms with Gasteiger partial charge in [0.2, 0.25) is 0 Å². The first-order valence-electron chi connectivity index (χ1n) is 11.0. The van der Waals surface area contributed by atoms with E-state index < -0.39 is 0 Å². The zero-order chi connectivity index (χ0) is 20.3. The van der Waals surface area contributed by atoms with Gasteiger partial charge in [-0.3, -0.25) is 0 Å². The monoisotopic (exact) mass is 411 g/mol. The van der Waals surface area contributed by atoms with E-state index in [2.05, 4.69) is 27.1 Å². The van der Waals surface area contributed by atoms with Gasteiger partial charge in [0.25, 0.3) is 0 Å². The zero-order valence-electron chi connectivity index (χ0n) is 17.1. The lowest BCUT2D eigenvalue weighted by atomic mass is 9.86. The van der Waals surface area contributed by atoms with Crippen LogP contribution in [-0.4, -0.2) is 52.5 Å². The molecular weight excluding hydrogens is 382 g/mol. The van der Waals surface area contributed by atoms with Crippen LogP contribution in [0.15, 0.2) is 36.5 Å². The zero-order valence-corrected chi connectivity index (χ0v) is 17.1. The van der Waals surface area contributed by atoms with Gasteiger partial charge in [-0.15, -0.1) is 5.10 Å². The van der Waals surface area contributed by atoms with Crippen molar-refractivity contribution in [3.8, 4) is 0 Å². The van der Waals surface area contributed by atoms with Crippen molar-refractivity contribution in [2.45, 2.75) is 62.8 Å². The van der Waals surface area contributed by atoms with Crippen LogP contribution in [0.25, 0.3) is 0 Å². The second kappa shape index (κ2) is 8.73. The molecule has 160 valence electrons. The van der Waals surface area contributed by atoms with Gasteiger partial charge >= 0.3 is 6.03 Å². The lowest BCUT2D eigenvalue weighted by molar-refractivity contribution is 0.0622. The van der Waals surface area contributed by atoms with E-state index in [1.807, 2.05) is 35.0 Å². The molecule has 8 nitrogen and oxygen atoms in total. The molecule has 0 radical (unpaired) electrons. The third kappa shape index (κ3) is 4.20. The summed E-state index contributed by atoms with van der Waals surface area (Å²) in [6.45, 7) is 0.942. The highest BCUT2D eigenvalue weighted by Gasteiger charge is 2.49. The van der Waals surface area contributed by atoms with Crippen LogP contribution in [0.1, 0.15) is 43.8 Å². The van der Waals surface area contributed by atoms with E-state index in [0.717, 1.165) is 23.7 Å². The second-order valence-electron chi connectivity index (χ2n) is 8.63. The average Bonchev–Trinajstić information content (AvgIpc) is 3.47. The molecule has 2 aromatic rings. The molecule has 3 heterocycles. The van der Waals surface area contributed by atoms with E-state index in [9.17, 15) is 4.79 Å². The summed E-state index contributed by atoms with van der Waals surface area (Å²) in [7, 11) is 0. The number of amides is 2. The van der Waals surface area contributed by atoms with Crippen molar-refractivity contribution in [2.75, 3.05) is 18.5 Å². The number of carbonyl (C=O) groups excluding carboxylic acids is 1. The van der Waals surface area contributed by atoms with Crippen molar-refractivity contribution in [1.82, 2.24) is 20.3 Å². The molecule has 30 heavy (non-hydrogen) atoms. The summed E-state index contributed by atoms with van der Waals surface area (Å²) in [6.07, 6.45) is 9.37. The van der Waals surface area contributed by atoms with Gasteiger partial charge in [-0.1, -0.05) is 55.5 Å². The molecule has 1 aromatic carbocycles. The number of nitrogens with zero attached hydrogens (tertiary/aromatic N) is 3. The quantitative estimate of drug-likeness (QED) is 0.790. The molecular formula is C22H29N5O3. The maximum absolute atomic E-state index is 12.3. The van der Waals surface area contributed by atoms with Gasteiger partial charge in [0.1, 0.15) is 18.2 Å². The van der Waals surface area contributed by atoms with Crippen molar-refractivity contribution < 1.29 is 14.3 Å². The van der Waals surface area contributed by atoms with Gasteiger partial charge in [-0.25, -0.2) is 9.48 Å². The van der Waals surface area contributed by atoms with Crippen LogP contribution in [0.5, 0.6) is 0 Å². The van der Waals surface area contributed by atoms with E-state index in [-0.39, 0.29) is 30.3 Å². The summed E-state index contributed by atoms with van der Waals surface area (Å²) < 4.78 is 13.9. The molecule has 4 atom stereocenters. The first-order chi connectivity index (χ1) is 14.8. The Morgan fingerprint density at radius 1 is 1.07 bits per heavy atom. The van der Waals surface area contributed by atoms with Gasteiger partial charge in [0, 0.05) is 11.9 Å². The lowest BCUT2D eigenvalue weighted by Crippen LogP contribution is -2.45. The minimum Gasteiger partial charge on any atom is -0.371 e. The minimum absolute atomic E-state index is 0.00779. The number of rotatable bonds is 5. The van der Waals surface area contributed by atoms with Gasteiger partial charge < -0.3 is 20.1 Å². The number of anilines is 1. The maximum Gasteiger partial charge on any atom is 0.319 e. The number of urea groups is 1. The minimum atomic E-state index is -0.252. The summed E-state index contributed by atoms with van der Waals surface area (Å²) >= 11 is 0. The second-order valence-corrected chi connectivity index (χ2v) is 8.63. The van der Waals surface area contributed by atoms with E-state index in [1.165, 1.54) is 32.1 Å². The smallest absolute Gasteiger partial charge is 0.319 e. The van der Waals surface area contributed by atoms with Crippen LogP contribution in [0.3, 0.4) is 0 Å². The van der Waals surface area contributed by atoms with Crippen LogP contribution in [0, 0.1) is 5.92 Å². The average molecular weight is 412 g/mol. The molecule has 0 bridgehead atoms. The molecule has 3 aliphatic rings. The lowest BCUT2D eigenvalue weighted by Gasteiger charge is -2.20. The van der Waals surface area contributed by atoms with Crippen molar-refractivity contribution in [2.24, 2.45) is 5.92 Å². The normalized spacial score (nSPS) is 28.9. The molecule has 1 aromatic heterocycles. The van der Waals surface area contributed by atoms with Crippen LogP contribution in [0.2, 0.25) is 0 Å². The Labute approximate surface area is 176 Å². The van der Waals surface area contributed by atoms with E-state index in [0.29, 0.717) is 13.2 Å². The number of ether oxygens (including phenoxy) is 2. The number of fused-ring (bicyclic) bond motifs is 1. The fraction of sp³-hybridized carbons (Fsp3) is 0.591. The Hall–Kier alpha value is -2.45. The Kier molecular flexibility index (Phi) is 5.68. The van der Waals surface area contributed by atoms with E-state index in [4.69, 9.17) is 9.47 Å². The number of hydrogen-bond acceptors (Lipinski definition) is 5. The Morgan fingerprint density at radius 3 is 2.70 bits per heavy atom. The molecule has 1 aliphatic carbocycles. The van der Waals surface area contributed by atoms with Gasteiger partial charge in [0.05, 0.1) is 24.9 Å². The summed E-state index contributed by atoms with van der Waals surface area (Å²) in [5, 5.41) is 14.6. The molecule has 8 heteroatoms. The van der Waals surface area contributed by atoms with Gasteiger partial charge in [0.15, 0.2) is 0 Å². The van der Waals surface area contributed by atoms with Crippen LogP contribution in [0.4, 0.5) is 10.5 Å². The maximum atomic E-state index is 12.3. The van der Waals surface area contributed by atoms with E-state index >= 15 is 0 Å². The Bertz CT molecular complexity index is 851. The standard InChI is InChI=1S/C22H29N5O3/c28-22(23-16-9-5-2-6-10-16)24-18-13-29-21-19(14-30-20(18)21)27-12-17(25-26-27)11-15-7-3-1-4-8-15/h2,5-6,9-10,12,15,18-21H,1,3-4,7-8,11,13-14H2,(H2,23,24,28). The molecule has 4 unspecified atom stereocenters. The summed E-state index contributed by atoms with van der Waals surface area (Å²) in [6, 6.07) is 8.94. The summed E-state index contributed by atoms with van der Waals surface area (Å²) in [4.78, 5) is 12.3. The van der Waals surface area contributed by atoms with Crippen LogP contribution < -0.4 is 10.6 Å². The van der Waals surface area contributed by atoms with Gasteiger partial charge in [-0.2, -0.15) is 0 Å². The Morgan fingerprint density at radius 2 is 1.87 bits per heavy atom. The molecule has 2 N–H and O–H groups in total. The highest BCUT2D eigenvalue weighted by molar-refractivity contribution is 5.89.